The van der Waals surface area contributed by atoms with Crippen molar-refractivity contribution in [1.29, 1.82) is 0 Å². The second-order valence-electron chi connectivity index (χ2n) is 7.10. The molecule has 2 bridgehead atoms. The van der Waals surface area contributed by atoms with E-state index in [0.717, 1.165) is 24.6 Å². The third-order valence-corrected chi connectivity index (χ3v) is 5.20. The van der Waals surface area contributed by atoms with Gasteiger partial charge in [-0.15, -0.1) is 0 Å². The van der Waals surface area contributed by atoms with Gasteiger partial charge in [-0.05, 0) is 30.2 Å². The third kappa shape index (κ3) is 3.34. The Bertz CT molecular complexity index is 867. The standard InChI is InChI=1S/C19H16F5N3O/c20-14-2-1-3-15(21)17(14)18(28)27-12-6-13(27)10-26(9-12)8-11-4-5-16(25-7-11)19(22,23)24/h1-5,7,12-13H,6,8-10H2. The van der Waals surface area contributed by atoms with E-state index in [1.807, 2.05) is 4.90 Å². The molecule has 4 heterocycles. The summed E-state index contributed by atoms with van der Waals surface area (Å²) in [6, 6.07) is 5.29. The topological polar surface area (TPSA) is 36.4 Å². The summed E-state index contributed by atoms with van der Waals surface area (Å²) in [5.41, 5.74) is -0.855. The van der Waals surface area contributed by atoms with E-state index in [9.17, 15) is 26.7 Å². The third-order valence-electron chi connectivity index (χ3n) is 5.20. The van der Waals surface area contributed by atoms with Crippen LogP contribution in [0.5, 0.6) is 0 Å². The zero-order valence-corrected chi connectivity index (χ0v) is 14.6. The van der Waals surface area contributed by atoms with Crippen molar-refractivity contribution in [1.82, 2.24) is 14.8 Å². The lowest BCUT2D eigenvalue weighted by molar-refractivity contribution is -0.141. The first-order valence-corrected chi connectivity index (χ1v) is 8.75. The summed E-state index contributed by atoms with van der Waals surface area (Å²) in [5.74, 6) is -2.43. The number of carbonyl (C=O) groups excluding carboxylic acids is 1. The molecule has 28 heavy (non-hydrogen) atoms. The molecule has 1 aromatic heterocycles. The number of fused-ring (bicyclic) bond motifs is 2. The van der Waals surface area contributed by atoms with Gasteiger partial charge >= 0.3 is 6.18 Å². The van der Waals surface area contributed by atoms with Crippen LogP contribution in [-0.4, -0.2) is 45.9 Å². The van der Waals surface area contributed by atoms with Gasteiger partial charge in [0.1, 0.15) is 22.9 Å². The average molecular weight is 397 g/mol. The monoisotopic (exact) mass is 397 g/mol. The van der Waals surface area contributed by atoms with Crippen LogP contribution in [0.3, 0.4) is 0 Å². The van der Waals surface area contributed by atoms with Gasteiger partial charge in [0.15, 0.2) is 0 Å². The largest absolute Gasteiger partial charge is 0.433 e. The molecule has 3 aliphatic rings. The molecule has 4 nitrogen and oxygen atoms in total. The number of pyridine rings is 1. The van der Waals surface area contributed by atoms with E-state index in [1.165, 1.54) is 23.2 Å². The number of benzene rings is 1. The molecule has 0 aliphatic carbocycles. The molecule has 0 saturated carbocycles. The van der Waals surface area contributed by atoms with E-state index in [0.29, 0.717) is 25.2 Å². The van der Waals surface area contributed by atoms with E-state index in [1.54, 1.807) is 0 Å². The molecule has 2 aromatic rings. The number of carbonyl (C=O) groups is 1. The maximum Gasteiger partial charge on any atom is 0.433 e. The molecule has 9 heteroatoms. The first-order chi connectivity index (χ1) is 13.2. The van der Waals surface area contributed by atoms with Crippen LogP contribution in [0.25, 0.3) is 0 Å². The number of amides is 1. The number of nitrogens with zero attached hydrogens (tertiary/aromatic N) is 3. The fraction of sp³-hybridized carbons (Fsp3) is 0.368. The zero-order chi connectivity index (χ0) is 20.1. The number of hydrogen-bond donors (Lipinski definition) is 0. The second kappa shape index (κ2) is 6.80. The molecule has 0 spiro atoms. The Labute approximate surface area is 157 Å². The first-order valence-electron chi connectivity index (χ1n) is 8.75. The highest BCUT2D eigenvalue weighted by atomic mass is 19.4. The molecular formula is C19H16F5N3O. The van der Waals surface area contributed by atoms with Gasteiger partial charge in [-0.1, -0.05) is 12.1 Å². The van der Waals surface area contributed by atoms with Crippen LogP contribution in [0.15, 0.2) is 36.5 Å². The maximum absolute atomic E-state index is 13.9. The molecule has 2 unspecified atom stereocenters. The van der Waals surface area contributed by atoms with Gasteiger partial charge in [0.05, 0.1) is 0 Å². The summed E-state index contributed by atoms with van der Waals surface area (Å²) >= 11 is 0. The van der Waals surface area contributed by atoms with Gasteiger partial charge in [-0.2, -0.15) is 13.2 Å². The van der Waals surface area contributed by atoms with E-state index in [4.69, 9.17) is 0 Å². The number of aromatic nitrogens is 1. The Balaban J connectivity index is 1.41. The maximum atomic E-state index is 13.9. The predicted octanol–water partition coefficient (Wildman–Crippen LogP) is 3.48. The highest BCUT2D eigenvalue weighted by Crippen LogP contribution is 2.35. The van der Waals surface area contributed by atoms with Crippen LogP contribution >= 0.6 is 0 Å². The van der Waals surface area contributed by atoms with E-state index in [-0.39, 0.29) is 12.1 Å². The lowest BCUT2D eigenvalue weighted by atomic mass is 9.86. The van der Waals surface area contributed by atoms with Crippen molar-refractivity contribution in [2.24, 2.45) is 0 Å². The van der Waals surface area contributed by atoms with Gasteiger partial charge in [0, 0.05) is 37.9 Å². The van der Waals surface area contributed by atoms with Crippen LogP contribution in [0.4, 0.5) is 22.0 Å². The number of piperidine rings is 1. The van der Waals surface area contributed by atoms with Gasteiger partial charge in [0.25, 0.3) is 5.91 Å². The summed E-state index contributed by atoms with van der Waals surface area (Å²) < 4.78 is 65.5. The highest BCUT2D eigenvalue weighted by molar-refractivity contribution is 5.96. The van der Waals surface area contributed by atoms with Crippen LogP contribution in [-0.2, 0) is 12.7 Å². The Morgan fingerprint density at radius 3 is 2.25 bits per heavy atom. The van der Waals surface area contributed by atoms with Crippen LogP contribution in [0.1, 0.15) is 28.0 Å². The molecular weight excluding hydrogens is 381 g/mol. The molecule has 1 aromatic carbocycles. The van der Waals surface area contributed by atoms with E-state index >= 15 is 0 Å². The average Bonchev–Trinajstić information content (AvgIpc) is 2.61. The van der Waals surface area contributed by atoms with Crippen molar-refractivity contribution in [3.05, 3.63) is 65.0 Å². The molecule has 1 amide bonds. The highest BCUT2D eigenvalue weighted by Gasteiger charge is 2.48. The Morgan fingerprint density at radius 1 is 1.07 bits per heavy atom. The number of alkyl halides is 3. The second-order valence-corrected chi connectivity index (χ2v) is 7.10. The molecule has 0 N–H and O–H groups in total. The number of piperazine rings is 1. The SMILES string of the molecule is O=C(c1c(F)cccc1F)N1C2CC1CN(Cc1ccc(C(F)(F)F)nc1)C2. The minimum atomic E-state index is -4.48. The lowest BCUT2D eigenvalue weighted by Gasteiger charge is -2.56. The molecule has 3 aliphatic heterocycles. The molecule has 5 rings (SSSR count). The van der Waals surface area contributed by atoms with Crippen molar-refractivity contribution >= 4 is 5.91 Å². The van der Waals surface area contributed by atoms with Crippen LogP contribution < -0.4 is 0 Å². The number of rotatable bonds is 3. The summed E-state index contributed by atoms with van der Waals surface area (Å²) in [6.07, 6.45) is -2.54. The van der Waals surface area contributed by atoms with E-state index < -0.39 is 35.0 Å². The van der Waals surface area contributed by atoms with Crippen molar-refractivity contribution in [3.8, 4) is 0 Å². The number of halogens is 5. The van der Waals surface area contributed by atoms with Gasteiger partial charge in [0.2, 0.25) is 0 Å². The van der Waals surface area contributed by atoms with Crippen molar-refractivity contribution in [2.45, 2.75) is 31.2 Å². The summed E-state index contributed by atoms with van der Waals surface area (Å²) in [7, 11) is 0. The minimum Gasteiger partial charge on any atom is -0.330 e. The zero-order valence-electron chi connectivity index (χ0n) is 14.6. The van der Waals surface area contributed by atoms with Crippen molar-refractivity contribution in [2.75, 3.05) is 13.1 Å². The van der Waals surface area contributed by atoms with Crippen molar-refractivity contribution in [3.63, 3.8) is 0 Å². The summed E-state index contributed by atoms with van der Waals surface area (Å²) in [4.78, 5) is 19.5. The summed E-state index contributed by atoms with van der Waals surface area (Å²) in [6.45, 7) is 1.37. The number of hydrogen-bond acceptors (Lipinski definition) is 3. The van der Waals surface area contributed by atoms with Gasteiger partial charge < -0.3 is 4.90 Å². The van der Waals surface area contributed by atoms with E-state index in [2.05, 4.69) is 4.98 Å². The van der Waals surface area contributed by atoms with Crippen LogP contribution in [0.2, 0.25) is 0 Å². The fourth-order valence-electron chi connectivity index (χ4n) is 3.93. The molecule has 148 valence electrons. The quantitative estimate of drug-likeness (QED) is 0.745. The minimum absolute atomic E-state index is 0.173. The van der Waals surface area contributed by atoms with Gasteiger partial charge in [-0.3, -0.25) is 14.7 Å². The Hall–Kier alpha value is -2.55. The Morgan fingerprint density at radius 2 is 1.71 bits per heavy atom. The smallest absolute Gasteiger partial charge is 0.330 e. The normalized spacial score (nSPS) is 22.1. The molecule has 0 radical (unpaired) electrons. The van der Waals surface area contributed by atoms with Crippen molar-refractivity contribution < 1.29 is 26.7 Å². The van der Waals surface area contributed by atoms with Gasteiger partial charge in [-0.25, -0.2) is 8.78 Å². The molecule has 2 atom stereocenters. The van der Waals surface area contributed by atoms with Crippen LogP contribution in [0, 0.1) is 11.6 Å². The summed E-state index contributed by atoms with van der Waals surface area (Å²) in [5, 5.41) is 0. The molecule has 3 fully saturated rings. The molecule has 3 saturated heterocycles. The predicted molar refractivity (Wildman–Crippen MR) is 89.2 cm³/mol. The first kappa shape index (κ1) is 18.8. The Kier molecular flexibility index (Phi) is 4.57. The lowest BCUT2D eigenvalue weighted by Crippen LogP contribution is -2.70. The fourth-order valence-corrected chi connectivity index (χ4v) is 3.93.